The molecule has 0 bridgehead atoms. The fourth-order valence-corrected chi connectivity index (χ4v) is 7.46. The number of nitrogens with zero attached hydrogens (tertiary/aromatic N) is 2. The van der Waals surface area contributed by atoms with Gasteiger partial charge in [-0.25, -0.2) is 9.78 Å². The van der Waals surface area contributed by atoms with Gasteiger partial charge in [0.2, 0.25) is 5.91 Å². The maximum Gasteiger partial charge on any atom is 0.326 e. The third-order valence-corrected chi connectivity index (χ3v) is 9.44. The van der Waals surface area contributed by atoms with Crippen LogP contribution in [0.5, 0.6) is 0 Å². The summed E-state index contributed by atoms with van der Waals surface area (Å²) in [6, 6.07) is 21.4. The van der Waals surface area contributed by atoms with Crippen LogP contribution in [0.25, 0.3) is 10.2 Å². The number of amides is 3. The standard InChI is InChI=1S/C29H24N4O2S3/c1-18-13-14-21-26(15-18)38-28(31-21)32-27(34)17-36-20-8-6-7-19(16-20)30-29(35)33-22-9-2-4-11-24(22)37-25-12-5-3-10-23(25)33/h2-16,22,24H,17H2,1H3,(H,30,35)(H,31,32,34). The molecule has 1 aliphatic heterocycles. The molecule has 2 N–H and O–H groups in total. The molecule has 3 amide bonds. The number of urea groups is 1. The smallest absolute Gasteiger partial charge is 0.307 e. The molecule has 2 aliphatic rings. The quantitative estimate of drug-likeness (QED) is 0.252. The third kappa shape index (κ3) is 5.22. The average molecular weight is 557 g/mol. The van der Waals surface area contributed by atoms with Crippen molar-refractivity contribution in [3.63, 3.8) is 0 Å². The number of para-hydroxylation sites is 1. The van der Waals surface area contributed by atoms with E-state index in [9.17, 15) is 9.59 Å². The normalized spacial score (nSPS) is 17.7. The van der Waals surface area contributed by atoms with E-state index in [1.54, 1.807) is 11.8 Å². The van der Waals surface area contributed by atoms with Crippen molar-refractivity contribution in [3.05, 3.63) is 96.6 Å². The van der Waals surface area contributed by atoms with Crippen LogP contribution in [-0.4, -0.2) is 34.0 Å². The summed E-state index contributed by atoms with van der Waals surface area (Å²) < 4.78 is 1.05. The second-order valence-electron chi connectivity index (χ2n) is 8.97. The van der Waals surface area contributed by atoms with Crippen molar-refractivity contribution in [1.82, 2.24) is 4.98 Å². The lowest BCUT2D eigenvalue weighted by molar-refractivity contribution is -0.113. The molecule has 190 valence electrons. The van der Waals surface area contributed by atoms with Crippen LogP contribution in [0.4, 0.5) is 21.3 Å². The van der Waals surface area contributed by atoms with Gasteiger partial charge in [0.1, 0.15) is 0 Å². The molecule has 0 fully saturated rings. The first-order valence-electron chi connectivity index (χ1n) is 12.1. The molecule has 1 aliphatic carbocycles. The largest absolute Gasteiger partial charge is 0.326 e. The number of anilines is 3. The van der Waals surface area contributed by atoms with Gasteiger partial charge >= 0.3 is 6.03 Å². The highest BCUT2D eigenvalue weighted by Gasteiger charge is 2.36. The summed E-state index contributed by atoms with van der Waals surface area (Å²) >= 11 is 4.67. The lowest BCUT2D eigenvalue weighted by Crippen LogP contribution is -2.49. The Morgan fingerprint density at radius 1 is 1.00 bits per heavy atom. The van der Waals surface area contributed by atoms with Crippen LogP contribution in [0.1, 0.15) is 5.56 Å². The number of rotatable bonds is 5. The summed E-state index contributed by atoms with van der Waals surface area (Å²) in [5.41, 5.74) is 3.64. The summed E-state index contributed by atoms with van der Waals surface area (Å²) in [5, 5.41) is 6.74. The molecule has 9 heteroatoms. The van der Waals surface area contributed by atoms with Gasteiger partial charge in [-0.3, -0.25) is 9.69 Å². The number of carbonyl (C=O) groups is 2. The SMILES string of the molecule is Cc1ccc2nc(NC(=O)CSc3cccc(NC(=O)N4c5ccccc5SC5C=CC=CC54)c3)sc2c1. The predicted octanol–water partition coefficient (Wildman–Crippen LogP) is 7.34. The number of aromatic nitrogens is 1. The fraction of sp³-hybridized carbons (Fsp3) is 0.138. The lowest BCUT2D eigenvalue weighted by Gasteiger charge is -2.40. The average Bonchev–Trinajstić information content (AvgIpc) is 3.31. The zero-order chi connectivity index (χ0) is 26.1. The Hall–Kier alpha value is -3.53. The highest BCUT2D eigenvalue weighted by atomic mass is 32.2. The van der Waals surface area contributed by atoms with Gasteiger partial charge in [-0.1, -0.05) is 59.9 Å². The molecule has 2 heterocycles. The Labute approximate surface area is 233 Å². The Morgan fingerprint density at radius 3 is 2.79 bits per heavy atom. The number of hydrogen-bond acceptors (Lipinski definition) is 6. The maximum atomic E-state index is 13.5. The minimum atomic E-state index is -0.182. The van der Waals surface area contributed by atoms with Gasteiger partial charge < -0.3 is 10.6 Å². The van der Waals surface area contributed by atoms with Crippen molar-refractivity contribution in [2.75, 3.05) is 21.3 Å². The first-order valence-corrected chi connectivity index (χ1v) is 14.8. The minimum absolute atomic E-state index is 0.0624. The minimum Gasteiger partial charge on any atom is -0.307 e. The van der Waals surface area contributed by atoms with E-state index < -0.39 is 0 Å². The summed E-state index contributed by atoms with van der Waals surface area (Å²) in [5.74, 6) is 0.120. The van der Waals surface area contributed by atoms with E-state index in [-0.39, 0.29) is 29.0 Å². The fourth-order valence-electron chi connectivity index (χ4n) is 4.46. The molecule has 4 aromatic rings. The number of thiazole rings is 1. The molecule has 0 saturated carbocycles. The Bertz CT molecular complexity index is 1600. The zero-order valence-corrected chi connectivity index (χ0v) is 22.9. The summed E-state index contributed by atoms with van der Waals surface area (Å²) in [4.78, 5) is 34.4. The number of hydrogen-bond donors (Lipinski definition) is 2. The van der Waals surface area contributed by atoms with E-state index in [2.05, 4.69) is 39.9 Å². The molecule has 6 nitrogen and oxygen atoms in total. The second kappa shape index (κ2) is 10.7. The summed E-state index contributed by atoms with van der Waals surface area (Å²) in [6.45, 7) is 2.04. The van der Waals surface area contributed by atoms with Gasteiger partial charge in [-0.15, -0.1) is 23.5 Å². The second-order valence-corrected chi connectivity index (χ2v) is 12.3. The molecule has 2 atom stereocenters. The summed E-state index contributed by atoms with van der Waals surface area (Å²) in [7, 11) is 0. The van der Waals surface area contributed by atoms with E-state index >= 15 is 0 Å². The predicted molar refractivity (Wildman–Crippen MR) is 160 cm³/mol. The highest BCUT2D eigenvalue weighted by Crippen LogP contribution is 2.43. The van der Waals surface area contributed by atoms with Gasteiger partial charge in [0.05, 0.1) is 32.9 Å². The van der Waals surface area contributed by atoms with Gasteiger partial charge in [0, 0.05) is 15.5 Å². The molecule has 0 radical (unpaired) electrons. The van der Waals surface area contributed by atoms with E-state index in [0.717, 1.165) is 31.3 Å². The van der Waals surface area contributed by atoms with Crippen LogP contribution in [0.2, 0.25) is 0 Å². The van der Waals surface area contributed by atoms with Gasteiger partial charge in [-0.2, -0.15) is 0 Å². The Balaban J connectivity index is 1.11. The van der Waals surface area contributed by atoms with Crippen molar-refractivity contribution in [3.8, 4) is 0 Å². The third-order valence-electron chi connectivity index (χ3n) is 6.21. The first kappa shape index (κ1) is 24.8. The van der Waals surface area contributed by atoms with Crippen molar-refractivity contribution >= 4 is 73.5 Å². The van der Waals surface area contributed by atoms with Gasteiger partial charge in [0.15, 0.2) is 5.13 Å². The van der Waals surface area contributed by atoms with Crippen LogP contribution < -0.4 is 15.5 Å². The van der Waals surface area contributed by atoms with E-state index in [1.165, 1.54) is 23.1 Å². The van der Waals surface area contributed by atoms with Gasteiger partial charge in [-0.05, 0) is 55.0 Å². The number of aryl methyl sites for hydroxylation is 1. The van der Waals surface area contributed by atoms with Crippen LogP contribution >= 0.6 is 34.9 Å². The molecular weight excluding hydrogens is 533 g/mol. The molecule has 6 rings (SSSR count). The van der Waals surface area contributed by atoms with E-state index in [4.69, 9.17) is 0 Å². The van der Waals surface area contributed by atoms with Crippen LogP contribution in [0.15, 0.2) is 101 Å². The zero-order valence-electron chi connectivity index (χ0n) is 20.5. The first-order chi connectivity index (χ1) is 18.5. The van der Waals surface area contributed by atoms with E-state index in [0.29, 0.717) is 10.8 Å². The number of thioether (sulfide) groups is 2. The van der Waals surface area contributed by atoms with Gasteiger partial charge in [0.25, 0.3) is 0 Å². The van der Waals surface area contributed by atoms with Crippen molar-refractivity contribution < 1.29 is 9.59 Å². The molecule has 0 saturated heterocycles. The number of carbonyl (C=O) groups excluding carboxylic acids is 2. The molecule has 2 unspecified atom stereocenters. The number of allylic oxidation sites excluding steroid dienone is 2. The van der Waals surface area contributed by atoms with Crippen LogP contribution in [0, 0.1) is 6.92 Å². The molecule has 1 aromatic heterocycles. The lowest BCUT2D eigenvalue weighted by atomic mass is 10.1. The van der Waals surface area contributed by atoms with Crippen LogP contribution in [-0.2, 0) is 4.79 Å². The number of benzene rings is 3. The van der Waals surface area contributed by atoms with Crippen molar-refractivity contribution in [1.29, 1.82) is 0 Å². The van der Waals surface area contributed by atoms with Crippen molar-refractivity contribution in [2.24, 2.45) is 0 Å². The Kier molecular flexibility index (Phi) is 6.97. The number of fused-ring (bicyclic) bond motifs is 3. The molecular formula is C29H24N4O2S3. The van der Waals surface area contributed by atoms with Crippen molar-refractivity contribution in [2.45, 2.75) is 28.0 Å². The molecule has 3 aromatic carbocycles. The van der Waals surface area contributed by atoms with Crippen LogP contribution in [0.3, 0.4) is 0 Å². The highest BCUT2D eigenvalue weighted by molar-refractivity contribution is 8.00. The van der Waals surface area contributed by atoms with E-state index in [1.807, 2.05) is 78.6 Å². The Morgan fingerprint density at radius 2 is 1.87 bits per heavy atom. The summed E-state index contributed by atoms with van der Waals surface area (Å²) in [6.07, 6.45) is 8.24. The number of nitrogens with one attached hydrogen (secondary N) is 2. The maximum absolute atomic E-state index is 13.5. The topological polar surface area (TPSA) is 74.3 Å². The molecule has 38 heavy (non-hydrogen) atoms. The monoisotopic (exact) mass is 556 g/mol. The molecule has 0 spiro atoms.